The van der Waals surface area contributed by atoms with Crippen molar-refractivity contribution >= 4 is 11.7 Å². The first-order valence-electron chi connectivity index (χ1n) is 10.3. The Labute approximate surface area is 199 Å². The summed E-state index contributed by atoms with van der Waals surface area (Å²) in [7, 11) is 1.53. The van der Waals surface area contributed by atoms with Gasteiger partial charge in [0.1, 0.15) is 28.9 Å². The standard InChI is InChI=1S/C25H19N3O7/c1-32-20-8-4-2-6-16(20)24-17-11-10-15(12-22(17)35-25(27)18(24)13-26)34-23(29)14-33-21-9-5-3-7-19(21)28(30)31/h2-12,24H,14,27H2,1H3. The van der Waals surface area contributed by atoms with E-state index >= 15 is 0 Å². The number of carbonyl (C=O) groups excluding carboxylic acids is 1. The number of para-hydroxylation sites is 3. The number of esters is 1. The van der Waals surface area contributed by atoms with Crippen molar-refractivity contribution in [2.75, 3.05) is 13.7 Å². The van der Waals surface area contributed by atoms with Gasteiger partial charge in [0.05, 0.1) is 18.0 Å². The summed E-state index contributed by atoms with van der Waals surface area (Å²) in [6.45, 7) is -0.548. The molecule has 1 heterocycles. The lowest BCUT2D eigenvalue weighted by Gasteiger charge is -2.27. The Morgan fingerprint density at radius 1 is 1.11 bits per heavy atom. The minimum Gasteiger partial charge on any atom is -0.496 e. The van der Waals surface area contributed by atoms with E-state index in [0.29, 0.717) is 17.1 Å². The van der Waals surface area contributed by atoms with Crippen LogP contribution in [0.25, 0.3) is 0 Å². The highest BCUT2D eigenvalue weighted by molar-refractivity contribution is 5.74. The molecule has 2 N–H and O–H groups in total. The quantitative estimate of drug-likeness (QED) is 0.234. The fraction of sp³-hybridized carbons (Fsp3) is 0.120. The minimum absolute atomic E-state index is 0.0511. The van der Waals surface area contributed by atoms with Gasteiger partial charge in [-0.25, -0.2) is 4.79 Å². The van der Waals surface area contributed by atoms with Crippen LogP contribution in [-0.2, 0) is 4.79 Å². The van der Waals surface area contributed by atoms with Crippen molar-refractivity contribution in [1.82, 2.24) is 0 Å². The molecule has 3 aromatic rings. The van der Waals surface area contributed by atoms with Crippen molar-refractivity contribution in [2.24, 2.45) is 5.73 Å². The number of nitriles is 1. The van der Waals surface area contributed by atoms with Gasteiger partial charge >= 0.3 is 11.7 Å². The molecule has 35 heavy (non-hydrogen) atoms. The number of hydrogen-bond donors (Lipinski definition) is 1. The number of fused-ring (bicyclic) bond motifs is 1. The van der Waals surface area contributed by atoms with Crippen LogP contribution in [0.1, 0.15) is 17.0 Å². The zero-order chi connectivity index (χ0) is 24.9. The Kier molecular flexibility index (Phi) is 6.50. The van der Waals surface area contributed by atoms with Crippen LogP contribution >= 0.6 is 0 Å². The number of hydrogen-bond acceptors (Lipinski definition) is 9. The van der Waals surface area contributed by atoms with E-state index in [1.165, 1.54) is 31.4 Å². The van der Waals surface area contributed by atoms with Crippen LogP contribution in [0, 0.1) is 21.4 Å². The summed E-state index contributed by atoms with van der Waals surface area (Å²) < 4.78 is 21.7. The summed E-state index contributed by atoms with van der Waals surface area (Å²) in [6.07, 6.45) is 0. The highest BCUT2D eigenvalue weighted by atomic mass is 16.6. The van der Waals surface area contributed by atoms with Gasteiger partial charge in [0, 0.05) is 23.3 Å². The topological polar surface area (TPSA) is 147 Å². The molecule has 0 spiro atoms. The number of nitro benzene ring substituents is 1. The van der Waals surface area contributed by atoms with E-state index in [1.54, 1.807) is 24.3 Å². The molecule has 0 saturated carbocycles. The van der Waals surface area contributed by atoms with E-state index in [9.17, 15) is 20.2 Å². The molecule has 0 amide bonds. The van der Waals surface area contributed by atoms with Gasteiger partial charge in [-0.2, -0.15) is 5.26 Å². The first-order valence-corrected chi connectivity index (χ1v) is 10.3. The van der Waals surface area contributed by atoms with E-state index in [0.717, 1.165) is 5.56 Å². The Morgan fingerprint density at radius 2 is 1.83 bits per heavy atom. The third-order valence-electron chi connectivity index (χ3n) is 5.28. The second kappa shape index (κ2) is 9.84. The van der Waals surface area contributed by atoms with Crippen molar-refractivity contribution in [2.45, 2.75) is 5.92 Å². The molecule has 0 saturated heterocycles. The number of benzene rings is 3. The molecule has 3 aromatic carbocycles. The van der Waals surface area contributed by atoms with E-state index in [-0.39, 0.29) is 28.6 Å². The molecule has 1 aliphatic heterocycles. The first kappa shape index (κ1) is 23.1. The summed E-state index contributed by atoms with van der Waals surface area (Å²) in [5.74, 6) is -0.417. The normalized spacial score (nSPS) is 14.2. The number of rotatable bonds is 7. The molecule has 0 aromatic heterocycles. The summed E-state index contributed by atoms with van der Waals surface area (Å²) >= 11 is 0. The lowest BCUT2D eigenvalue weighted by Crippen LogP contribution is -2.22. The monoisotopic (exact) mass is 473 g/mol. The average molecular weight is 473 g/mol. The lowest BCUT2D eigenvalue weighted by molar-refractivity contribution is -0.385. The number of methoxy groups -OCH3 is 1. The number of nitrogens with two attached hydrogens (primary N) is 1. The maximum Gasteiger partial charge on any atom is 0.349 e. The Bertz CT molecular complexity index is 1380. The number of ether oxygens (including phenoxy) is 4. The van der Waals surface area contributed by atoms with Crippen LogP contribution in [0.4, 0.5) is 5.69 Å². The van der Waals surface area contributed by atoms with Gasteiger partial charge in [-0.05, 0) is 18.2 Å². The van der Waals surface area contributed by atoms with Crippen LogP contribution < -0.4 is 24.7 Å². The van der Waals surface area contributed by atoms with E-state index in [2.05, 4.69) is 6.07 Å². The maximum absolute atomic E-state index is 12.3. The molecule has 1 aliphatic rings. The first-order chi connectivity index (χ1) is 16.9. The molecule has 1 atom stereocenters. The van der Waals surface area contributed by atoms with Gasteiger partial charge in [-0.3, -0.25) is 10.1 Å². The van der Waals surface area contributed by atoms with Crippen LogP contribution in [0.2, 0.25) is 0 Å². The van der Waals surface area contributed by atoms with Gasteiger partial charge in [-0.15, -0.1) is 0 Å². The predicted octanol–water partition coefficient (Wildman–Crippen LogP) is 3.81. The molecule has 0 aliphatic carbocycles. The predicted molar refractivity (Wildman–Crippen MR) is 123 cm³/mol. The van der Waals surface area contributed by atoms with E-state index in [1.807, 2.05) is 18.2 Å². The summed E-state index contributed by atoms with van der Waals surface area (Å²) in [4.78, 5) is 22.8. The zero-order valence-corrected chi connectivity index (χ0v) is 18.5. The fourth-order valence-electron chi connectivity index (χ4n) is 3.75. The highest BCUT2D eigenvalue weighted by Gasteiger charge is 2.32. The summed E-state index contributed by atoms with van der Waals surface area (Å²) in [5, 5.41) is 20.8. The molecule has 4 rings (SSSR count). The van der Waals surface area contributed by atoms with Crippen molar-refractivity contribution < 1.29 is 28.7 Å². The Morgan fingerprint density at radius 3 is 2.54 bits per heavy atom. The second-order valence-electron chi connectivity index (χ2n) is 7.35. The van der Waals surface area contributed by atoms with E-state index < -0.39 is 23.4 Å². The molecule has 176 valence electrons. The molecular weight excluding hydrogens is 454 g/mol. The molecule has 10 heteroatoms. The smallest absolute Gasteiger partial charge is 0.349 e. The van der Waals surface area contributed by atoms with Crippen molar-refractivity contribution in [3.05, 3.63) is 99.4 Å². The Balaban J connectivity index is 1.57. The van der Waals surface area contributed by atoms with Crippen LogP contribution in [-0.4, -0.2) is 24.6 Å². The summed E-state index contributed by atoms with van der Waals surface area (Å²) in [6, 6.07) is 19.8. The number of carbonyl (C=O) groups is 1. The van der Waals surface area contributed by atoms with Gasteiger partial charge in [0.2, 0.25) is 5.88 Å². The zero-order valence-electron chi connectivity index (χ0n) is 18.5. The van der Waals surface area contributed by atoms with Crippen LogP contribution in [0.15, 0.2) is 78.2 Å². The van der Waals surface area contributed by atoms with Gasteiger partial charge in [0.15, 0.2) is 12.4 Å². The molecule has 10 nitrogen and oxygen atoms in total. The van der Waals surface area contributed by atoms with Crippen molar-refractivity contribution in [3.8, 4) is 29.1 Å². The minimum atomic E-state index is -0.776. The highest BCUT2D eigenvalue weighted by Crippen LogP contribution is 2.45. The lowest BCUT2D eigenvalue weighted by atomic mass is 9.83. The molecule has 0 bridgehead atoms. The summed E-state index contributed by atoms with van der Waals surface area (Å²) in [5.41, 5.74) is 7.36. The third kappa shape index (κ3) is 4.69. The Hall–Kier alpha value is -5.04. The number of nitrogens with zero attached hydrogens (tertiary/aromatic N) is 2. The van der Waals surface area contributed by atoms with Crippen molar-refractivity contribution in [1.29, 1.82) is 5.26 Å². The number of allylic oxidation sites excluding steroid dienone is 1. The second-order valence-corrected chi connectivity index (χ2v) is 7.35. The maximum atomic E-state index is 12.3. The molecule has 1 unspecified atom stereocenters. The SMILES string of the molecule is COc1ccccc1C1C(C#N)=C(N)Oc2cc(OC(=O)COc3ccccc3[N+](=O)[O-])ccc21. The van der Waals surface area contributed by atoms with Crippen LogP contribution in [0.5, 0.6) is 23.0 Å². The van der Waals surface area contributed by atoms with Gasteiger partial charge < -0.3 is 24.7 Å². The average Bonchev–Trinajstić information content (AvgIpc) is 2.86. The number of nitro groups is 1. The molecule has 0 radical (unpaired) electrons. The van der Waals surface area contributed by atoms with Crippen LogP contribution in [0.3, 0.4) is 0 Å². The fourth-order valence-corrected chi connectivity index (χ4v) is 3.75. The van der Waals surface area contributed by atoms with Crippen molar-refractivity contribution in [3.63, 3.8) is 0 Å². The molecular formula is C25H19N3O7. The van der Waals surface area contributed by atoms with Gasteiger partial charge in [0.25, 0.3) is 0 Å². The largest absolute Gasteiger partial charge is 0.496 e. The van der Waals surface area contributed by atoms with E-state index in [4.69, 9.17) is 24.7 Å². The van der Waals surface area contributed by atoms with Gasteiger partial charge in [-0.1, -0.05) is 36.4 Å². The third-order valence-corrected chi connectivity index (χ3v) is 5.28. The molecule has 0 fully saturated rings.